The van der Waals surface area contributed by atoms with Crippen LogP contribution in [0.4, 0.5) is 11.7 Å². The number of aromatic nitrogens is 2. The molecule has 28 heavy (non-hydrogen) atoms. The van der Waals surface area contributed by atoms with Crippen LogP contribution in [-0.2, 0) is 16.3 Å². The van der Waals surface area contributed by atoms with Crippen molar-refractivity contribution in [3.05, 3.63) is 75.7 Å². The van der Waals surface area contributed by atoms with Crippen LogP contribution in [0.25, 0.3) is 0 Å². The lowest BCUT2D eigenvalue weighted by Crippen LogP contribution is -2.14. The molecule has 0 radical (unpaired) electrons. The number of rotatable bonds is 6. The fraction of sp³-hybridized carbons (Fsp3) is 0.118. The van der Waals surface area contributed by atoms with Crippen molar-refractivity contribution in [2.45, 2.75) is 11.3 Å². The molecule has 0 aliphatic rings. The highest BCUT2D eigenvalue weighted by Gasteiger charge is 2.21. The molecule has 0 aliphatic heterocycles. The van der Waals surface area contributed by atoms with Crippen LogP contribution in [0, 0.1) is 10.1 Å². The summed E-state index contributed by atoms with van der Waals surface area (Å²) in [6.45, 7) is 0. The fourth-order valence-corrected chi connectivity index (χ4v) is 3.02. The molecule has 0 saturated carbocycles. The van der Waals surface area contributed by atoms with Gasteiger partial charge in [-0.25, -0.2) is 8.42 Å². The molecule has 0 unspecified atom stereocenters. The summed E-state index contributed by atoms with van der Waals surface area (Å²) in [6.07, 6.45) is 1.34. The molecule has 11 heteroatoms. The lowest BCUT2D eigenvalue weighted by Gasteiger charge is -2.02. The topological polar surface area (TPSA) is 145 Å². The van der Waals surface area contributed by atoms with E-state index in [0.29, 0.717) is 0 Å². The first-order chi connectivity index (χ1) is 13.2. The number of carbonyl (C=O) groups excluding carboxylic acids is 1. The zero-order chi connectivity index (χ0) is 20.3. The Bertz CT molecular complexity index is 1140. The molecule has 144 valence electrons. The van der Waals surface area contributed by atoms with Crippen molar-refractivity contribution >= 4 is 27.4 Å². The summed E-state index contributed by atoms with van der Waals surface area (Å²) in [5, 5.41) is 20.8. The van der Waals surface area contributed by atoms with Gasteiger partial charge in [0.1, 0.15) is 5.56 Å². The van der Waals surface area contributed by atoms with Gasteiger partial charge in [0.2, 0.25) is 5.89 Å². The van der Waals surface area contributed by atoms with Crippen LogP contribution in [0.5, 0.6) is 0 Å². The number of sulfone groups is 1. The van der Waals surface area contributed by atoms with Gasteiger partial charge in [0.25, 0.3) is 11.6 Å². The van der Waals surface area contributed by atoms with Crippen LogP contribution in [0.3, 0.4) is 0 Å². The summed E-state index contributed by atoms with van der Waals surface area (Å²) in [7, 11) is -3.28. The molecule has 1 heterocycles. The number of nitrogens with zero attached hydrogens (tertiary/aromatic N) is 3. The number of nitro groups is 1. The number of hydrogen-bond acceptors (Lipinski definition) is 8. The van der Waals surface area contributed by atoms with E-state index in [2.05, 4.69) is 15.5 Å². The second kappa shape index (κ2) is 7.56. The van der Waals surface area contributed by atoms with Crippen molar-refractivity contribution in [3.63, 3.8) is 0 Å². The smallest absolute Gasteiger partial charge is 0.322 e. The van der Waals surface area contributed by atoms with Crippen LogP contribution in [-0.4, -0.2) is 35.7 Å². The van der Waals surface area contributed by atoms with E-state index in [4.69, 9.17) is 4.42 Å². The summed E-state index contributed by atoms with van der Waals surface area (Å²) >= 11 is 0. The predicted octanol–water partition coefficient (Wildman–Crippen LogP) is 2.22. The first kappa shape index (κ1) is 19.2. The maximum Gasteiger partial charge on any atom is 0.322 e. The van der Waals surface area contributed by atoms with Crippen molar-refractivity contribution in [3.8, 4) is 0 Å². The zero-order valence-corrected chi connectivity index (χ0v) is 15.3. The molecule has 0 fully saturated rings. The average molecular weight is 402 g/mol. The largest absolute Gasteiger partial charge is 0.407 e. The number of amides is 1. The van der Waals surface area contributed by atoms with Crippen LogP contribution in [0.15, 0.2) is 57.8 Å². The summed E-state index contributed by atoms with van der Waals surface area (Å²) in [6, 6.07) is 11.5. The van der Waals surface area contributed by atoms with Crippen LogP contribution < -0.4 is 5.32 Å². The third kappa shape index (κ3) is 4.38. The molecule has 0 saturated heterocycles. The van der Waals surface area contributed by atoms with Crippen LogP contribution in [0.2, 0.25) is 0 Å². The van der Waals surface area contributed by atoms with Gasteiger partial charge in [0.05, 0.1) is 16.2 Å². The van der Waals surface area contributed by atoms with Crippen molar-refractivity contribution < 1.29 is 22.6 Å². The zero-order valence-electron chi connectivity index (χ0n) is 14.5. The lowest BCUT2D eigenvalue weighted by atomic mass is 10.1. The molecule has 1 N–H and O–H groups in total. The summed E-state index contributed by atoms with van der Waals surface area (Å²) < 4.78 is 28.3. The Morgan fingerprint density at radius 2 is 1.82 bits per heavy atom. The monoisotopic (exact) mass is 402 g/mol. The van der Waals surface area contributed by atoms with Gasteiger partial charge >= 0.3 is 6.01 Å². The molecule has 0 atom stereocenters. The second-order valence-electron chi connectivity index (χ2n) is 5.82. The fourth-order valence-electron chi connectivity index (χ4n) is 2.39. The maximum absolute atomic E-state index is 12.2. The second-order valence-corrected chi connectivity index (χ2v) is 7.84. The standard InChI is InChI=1S/C17H14N4O6S/c1-28(25,26)12-8-6-11(7-9-12)10-15-19-20-17(27-15)18-16(22)13-4-2-3-5-14(13)21(23)24/h2-9H,10H2,1H3,(H,18,20,22). The normalized spacial score (nSPS) is 11.2. The molecule has 0 bridgehead atoms. The van der Waals surface area contributed by atoms with Crippen molar-refractivity contribution in [1.29, 1.82) is 0 Å². The third-order valence-electron chi connectivity index (χ3n) is 3.74. The Balaban J connectivity index is 1.71. The van der Waals surface area contributed by atoms with Crippen molar-refractivity contribution in [1.82, 2.24) is 10.2 Å². The van der Waals surface area contributed by atoms with E-state index in [9.17, 15) is 23.3 Å². The SMILES string of the molecule is CS(=O)(=O)c1ccc(Cc2nnc(NC(=O)c3ccccc3[N+](=O)[O-])o2)cc1. The van der Waals surface area contributed by atoms with Gasteiger partial charge in [-0.15, -0.1) is 5.10 Å². The van der Waals surface area contributed by atoms with Crippen LogP contribution in [0.1, 0.15) is 21.8 Å². The Morgan fingerprint density at radius 1 is 1.14 bits per heavy atom. The Morgan fingerprint density at radius 3 is 2.46 bits per heavy atom. The maximum atomic E-state index is 12.2. The quantitative estimate of drug-likeness (QED) is 0.488. The highest BCUT2D eigenvalue weighted by molar-refractivity contribution is 7.90. The molecular formula is C17H14N4O6S. The molecule has 3 aromatic rings. The van der Waals surface area contributed by atoms with E-state index >= 15 is 0 Å². The number of anilines is 1. The van der Waals surface area contributed by atoms with E-state index in [1.54, 1.807) is 12.1 Å². The Hall–Kier alpha value is -3.60. The van der Waals surface area contributed by atoms with E-state index in [0.717, 1.165) is 11.8 Å². The molecule has 0 aliphatic carbocycles. The van der Waals surface area contributed by atoms with Gasteiger partial charge in [-0.1, -0.05) is 29.4 Å². The third-order valence-corrected chi connectivity index (χ3v) is 4.87. The minimum Gasteiger partial charge on any atom is -0.407 e. The van der Waals surface area contributed by atoms with Gasteiger partial charge in [-0.05, 0) is 23.8 Å². The number of carbonyl (C=O) groups is 1. The van der Waals surface area contributed by atoms with Gasteiger partial charge < -0.3 is 4.42 Å². The highest BCUT2D eigenvalue weighted by atomic mass is 32.2. The summed E-state index contributed by atoms with van der Waals surface area (Å²) in [5.41, 5.74) is 0.252. The molecular weight excluding hydrogens is 388 g/mol. The highest BCUT2D eigenvalue weighted by Crippen LogP contribution is 2.20. The van der Waals surface area contributed by atoms with E-state index in [-0.39, 0.29) is 34.5 Å². The van der Waals surface area contributed by atoms with Crippen molar-refractivity contribution in [2.75, 3.05) is 11.6 Å². The Kier molecular flexibility index (Phi) is 5.18. The average Bonchev–Trinajstić information content (AvgIpc) is 3.08. The molecule has 2 aromatic carbocycles. The van der Waals surface area contributed by atoms with Gasteiger partial charge in [0.15, 0.2) is 9.84 Å². The molecule has 1 amide bonds. The predicted molar refractivity (Wildman–Crippen MR) is 97.7 cm³/mol. The summed E-state index contributed by atoms with van der Waals surface area (Å²) in [5.74, 6) is -0.565. The van der Waals surface area contributed by atoms with Crippen molar-refractivity contribution in [2.24, 2.45) is 0 Å². The first-order valence-corrected chi connectivity index (χ1v) is 9.79. The number of hydrogen-bond donors (Lipinski definition) is 1. The molecule has 1 aromatic heterocycles. The van der Waals surface area contributed by atoms with Gasteiger partial charge in [-0.3, -0.25) is 20.2 Å². The van der Waals surface area contributed by atoms with E-state index < -0.39 is 20.7 Å². The van der Waals surface area contributed by atoms with Crippen LogP contribution >= 0.6 is 0 Å². The van der Waals surface area contributed by atoms with E-state index in [1.807, 2.05) is 0 Å². The van der Waals surface area contributed by atoms with Gasteiger partial charge in [0, 0.05) is 12.3 Å². The summed E-state index contributed by atoms with van der Waals surface area (Å²) in [4.78, 5) is 22.8. The molecule has 10 nitrogen and oxygen atoms in total. The Labute approximate surface area is 159 Å². The van der Waals surface area contributed by atoms with E-state index in [1.165, 1.54) is 36.4 Å². The number of nitro benzene ring substituents is 1. The minimum absolute atomic E-state index is 0.136. The molecule has 3 rings (SSSR count). The number of benzene rings is 2. The molecule has 0 spiro atoms. The number of nitrogens with one attached hydrogen (secondary N) is 1. The number of para-hydroxylation sites is 1. The first-order valence-electron chi connectivity index (χ1n) is 7.90. The minimum atomic E-state index is -3.28. The lowest BCUT2D eigenvalue weighted by molar-refractivity contribution is -0.385. The van der Waals surface area contributed by atoms with Gasteiger partial charge in [-0.2, -0.15) is 0 Å².